The van der Waals surface area contributed by atoms with Crippen LogP contribution in [0.2, 0.25) is 5.02 Å². The zero-order valence-corrected chi connectivity index (χ0v) is 15.0. The smallest absolute Gasteiger partial charge is 0.278 e. The molecule has 1 amide bonds. The standard InChI is InChI=1S/C19H17ClN2O2S/c20-16-3-1-2-14(12-16)6-9-18(23)22-13-15-4-7-17(8-5-15)24-19-21-10-11-25-19/h1-5,7-8,10-12H,6,9,13H2,(H,22,23). The molecule has 25 heavy (non-hydrogen) atoms. The summed E-state index contributed by atoms with van der Waals surface area (Å²) in [6, 6.07) is 15.2. The molecule has 1 N–H and O–H groups in total. The highest BCUT2D eigenvalue weighted by Gasteiger charge is 2.04. The van der Waals surface area contributed by atoms with Crippen molar-refractivity contribution in [2.75, 3.05) is 0 Å². The van der Waals surface area contributed by atoms with Crippen molar-refractivity contribution in [1.82, 2.24) is 10.3 Å². The number of rotatable bonds is 7. The number of benzene rings is 2. The fourth-order valence-corrected chi connectivity index (χ4v) is 2.99. The van der Waals surface area contributed by atoms with Gasteiger partial charge >= 0.3 is 0 Å². The summed E-state index contributed by atoms with van der Waals surface area (Å²) in [5.41, 5.74) is 2.08. The molecule has 0 saturated carbocycles. The third kappa shape index (κ3) is 5.59. The molecule has 0 radical (unpaired) electrons. The van der Waals surface area contributed by atoms with Crippen LogP contribution < -0.4 is 10.1 Å². The lowest BCUT2D eigenvalue weighted by Crippen LogP contribution is -2.22. The van der Waals surface area contributed by atoms with Crippen molar-refractivity contribution in [2.24, 2.45) is 0 Å². The zero-order valence-electron chi connectivity index (χ0n) is 13.4. The molecule has 0 saturated heterocycles. The first kappa shape index (κ1) is 17.5. The van der Waals surface area contributed by atoms with Crippen LogP contribution in [0.15, 0.2) is 60.1 Å². The predicted molar refractivity (Wildman–Crippen MR) is 100 cm³/mol. The molecule has 6 heteroatoms. The fourth-order valence-electron chi connectivity index (χ4n) is 2.28. The first-order valence-corrected chi connectivity index (χ1v) is 9.12. The molecule has 4 nitrogen and oxygen atoms in total. The Labute approximate surface area is 155 Å². The summed E-state index contributed by atoms with van der Waals surface area (Å²) < 4.78 is 5.61. The van der Waals surface area contributed by atoms with Crippen molar-refractivity contribution in [3.63, 3.8) is 0 Å². The van der Waals surface area contributed by atoms with Crippen molar-refractivity contribution in [1.29, 1.82) is 0 Å². The molecule has 0 aliphatic rings. The number of aromatic nitrogens is 1. The van der Waals surface area contributed by atoms with Gasteiger partial charge in [0, 0.05) is 29.6 Å². The summed E-state index contributed by atoms with van der Waals surface area (Å²) in [7, 11) is 0. The number of nitrogens with one attached hydrogen (secondary N) is 1. The summed E-state index contributed by atoms with van der Waals surface area (Å²) in [6.07, 6.45) is 2.81. The molecule has 0 spiro atoms. The van der Waals surface area contributed by atoms with E-state index in [0.29, 0.717) is 29.6 Å². The van der Waals surface area contributed by atoms with Crippen molar-refractivity contribution in [3.05, 3.63) is 76.3 Å². The van der Waals surface area contributed by atoms with E-state index in [9.17, 15) is 4.79 Å². The maximum atomic E-state index is 12.0. The maximum Gasteiger partial charge on any atom is 0.278 e. The van der Waals surface area contributed by atoms with Crippen molar-refractivity contribution >= 4 is 28.8 Å². The van der Waals surface area contributed by atoms with Gasteiger partial charge in [-0.3, -0.25) is 4.79 Å². The lowest BCUT2D eigenvalue weighted by molar-refractivity contribution is -0.121. The fraction of sp³-hybridized carbons (Fsp3) is 0.158. The van der Waals surface area contributed by atoms with E-state index < -0.39 is 0 Å². The molecular weight excluding hydrogens is 356 g/mol. The second-order valence-corrected chi connectivity index (χ2v) is 6.74. The van der Waals surface area contributed by atoms with Crippen molar-refractivity contribution in [2.45, 2.75) is 19.4 Å². The van der Waals surface area contributed by atoms with Gasteiger partial charge in [0.2, 0.25) is 5.91 Å². The van der Waals surface area contributed by atoms with Crippen molar-refractivity contribution < 1.29 is 9.53 Å². The van der Waals surface area contributed by atoms with Crippen LogP contribution in [0, 0.1) is 0 Å². The van der Waals surface area contributed by atoms with Crippen LogP contribution in [0.25, 0.3) is 0 Å². The van der Waals surface area contributed by atoms with E-state index in [-0.39, 0.29) is 5.91 Å². The molecule has 1 heterocycles. The quantitative estimate of drug-likeness (QED) is 0.645. The number of nitrogens with zero attached hydrogens (tertiary/aromatic N) is 1. The lowest BCUT2D eigenvalue weighted by Gasteiger charge is -2.07. The van der Waals surface area contributed by atoms with Crippen LogP contribution in [0.4, 0.5) is 0 Å². The Balaban J connectivity index is 1.44. The average molecular weight is 373 g/mol. The first-order chi connectivity index (χ1) is 12.2. The maximum absolute atomic E-state index is 12.0. The van der Waals surface area contributed by atoms with Gasteiger partial charge < -0.3 is 10.1 Å². The molecule has 3 rings (SSSR count). The molecular formula is C19H17ClN2O2S. The number of hydrogen-bond acceptors (Lipinski definition) is 4. The molecule has 0 aliphatic carbocycles. The van der Waals surface area contributed by atoms with Gasteiger partial charge in [-0.05, 0) is 41.8 Å². The summed E-state index contributed by atoms with van der Waals surface area (Å²) in [5.74, 6) is 0.745. The molecule has 1 aromatic heterocycles. The van der Waals surface area contributed by atoms with Gasteiger partial charge in [0.05, 0.1) is 0 Å². The van der Waals surface area contributed by atoms with Gasteiger partial charge in [-0.1, -0.05) is 47.2 Å². The van der Waals surface area contributed by atoms with Crippen molar-refractivity contribution in [3.8, 4) is 10.9 Å². The first-order valence-electron chi connectivity index (χ1n) is 7.86. The van der Waals surface area contributed by atoms with E-state index in [1.54, 1.807) is 6.20 Å². The van der Waals surface area contributed by atoms with Crippen LogP contribution in [-0.2, 0) is 17.8 Å². The van der Waals surface area contributed by atoms with E-state index >= 15 is 0 Å². The Hall–Kier alpha value is -2.37. The van der Waals surface area contributed by atoms with Gasteiger partial charge in [0.15, 0.2) is 0 Å². The summed E-state index contributed by atoms with van der Waals surface area (Å²) >= 11 is 7.39. The molecule has 3 aromatic rings. The number of carbonyl (C=O) groups excluding carboxylic acids is 1. The van der Waals surface area contributed by atoms with Crippen LogP contribution >= 0.6 is 22.9 Å². The summed E-state index contributed by atoms with van der Waals surface area (Å²) in [6.45, 7) is 0.492. The van der Waals surface area contributed by atoms with Gasteiger partial charge in [0.1, 0.15) is 5.75 Å². The van der Waals surface area contributed by atoms with E-state index in [1.807, 2.05) is 53.9 Å². The van der Waals surface area contributed by atoms with Crippen LogP contribution in [-0.4, -0.2) is 10.9 Å². The molecule has 0 atom stereocenters. The Kier molecular flexibility index (Phi) is 6.04. The summed E-state index contributed by atoms with van der Waals surface area (Å²) in [4.78, 5) is 16.1. The third-order valence-corrected chi connectivity index (χ3v) is 4.44. The van der Waals surface area contributed by atoms with Gasteiger partial charge in [-0.15, -0.1) is 0 Å². The average Bonchev–Trinajstić information content (AvgIpc) is 3.12. The van der Waals surface area contributed by atoms with Gasteiger partial charge in [-0.2, -0.15) is 0 Å². The van der Waals surface area contributed by atoms with E-state index in [4.69, 9.17) is 16.3 Å². The van der Waals surface area contributed by atoms with E-state index in [1.165, 1.54) is 11.3 Å². The highest BCUT2D eigenvalue weighted by molar-refractivity contribution is 7.11. The van der Waals surface area contributed by atoms with Crippen LogP contribution in [0.5, 0.6) is 10.9 Å². The predicted octanol–water partition coefficient (Wildman–Crippen LogP) is 4.84. The lowest BCUT2D eigenvalue weighted by atomic mass is 10.1. The minimum absolute atomic E-state index is 0.0167. The van der Waals surface area contributed by atoms with E-state index in [2.05, 4.69) is 10.3 Å². The summed E-state index contributed by atoms with van der Waals surface area (Å²) in [5, 5.41) is 6.10. The highest BCUT2D eigenvalue weighted by atomic mass is 35.5. The normalized spacial score (nSPS) is 10.4. The molecule has 2 aromatic carbocycles. The molecule has 128 valence electrons. The monoisotopic (exact) mass is 372 g/mol. The minimum atomic E-state index is 0.0167. The minimum Gasteiger partial charge on any atom is -0.431 e. The highest BCUT2D eigenvalue weighted by Crippen LogP contribution is 2.23. The Bertz CT molecular complexity index is 820. The molecule has 0 fully saturated rings. The Morgan fingerprint density at radius 2 is 2.00 bits per heavy atom. The topological polar surface area (TPSA) is 51.2 Å². The Morgan fingerprint density at radius 1 is 1.16 bits per heavy atom. The number of hydrogen-bond donors (Lipinski definition) is 1. The largest absolute Gasteiger partial charge is 0.431 e. The van der Waals surface area contributed by atoms with Gasteiger partial charge in [-0.25, -0.2) is 4.98 Å². The number of amides is 1. The van der Waals surface area contributed by atoms with E-state index in [0.717, 1.165) is 16.9 Å². The number of halogens is 1. The number of ether oxygens (including phenoxy) is 1. The number of thiazole rings is 1. The zero-order chi connectivity index (χ0) is 17.5. The molecule has 0 unspecified atom stereocenters. The number of carbonyl (C=O) groups is 1. The van der Waals surface area contributed by atoms with Gasteiger partial charge in [0.25, 0.3) is 5.19 Å². The SMILES string of the molecule is O=C(CCc1cccc(Cl)c1)NCc1ccc(Oc2nccs2)cc1. The second-order valence-electron chi connectivity index (χ2n) is 5.45. The molecule has 0 bridgehead atoms. The van der Waals surface area contributed by atoms with Crippen LogP contribution in [0.1, 0.15) is 17.5 Å². The molecule has 0 aliphatic heterocycles. The Morgan fingerprint density at radius 3 is 2.72 bits per heavy atom. The third-order valence-electron chi connectivity index (χ3n) is 3.56. The van der Waals surface area contributed by atoms with Crippen LogP contribution in [0.3, 0.4) is 0 Å². The number of aryl methyl sites for hydroxylation is 1. The second kappa shape index (κ2) is 8.65.